The highest BCUT2D eigenvalue weighted by Gasteiger charge is 2.14. The van der Waals surface area contributed by atoms with Crippen molar-refractivity contribution < 1.29 is 0 Å². The van der Waals surface area contributed by atoms with E-state index in [0.717, 1.165) is 16.8 Å². The number of rotatable bonds is 4. The smallest absolute Gasteiger partial charge is 0.0788 e. The molecule has 10 rings (SSSR count). The van der Waals surface area contributed by atoms with Crippen molar-refractivity contribution in [2.45, 2.75) is 0 Å². The summed E-state index contributed by atoms with van der Waals surface area (Å²) < 4.78 is 2.36. The van der Waals surface area contributed by atoms with Crippen LogP contribution in [-0.4, -0.2) is 9.55 Å². The second-order valence-electron chi connectivity index (χ2n) is 12.8. The van der Waals surface area contributed by atoms with Crippen LogP contribution in [0.4, 0.5) is 0 Å². The second-order valence-corrected chi connectivity index (χ2v) is 12.8. The Morgan fingerprint density at radius 3 is 1.41 bits per heavy atom. The van der Waals surface area contributed by atoms with Gasteiger partial charge in [-0.15, -0.1) is 0 Å². The maximum absolute atomic E-state index is 5.18. The van der Waals surface area contributed by atoms with Gasteiger partial charge in [-0.3, -0.25) is 0 Å². The van der Waals surface area contributed by atoms with Crippen molar-refractivity contribution in [3.63, 3.8) is 0 Å². The fourth-order valence-electron chi connectivity index (χ4n) is 7.62. The van der Waals surface area contributed by atoms with Gasteiger partial charge < -0.3 is 4.57 Å². The summed E-state index contributed by atoms with van der Waals surface area (Å²) in [5.41, 5.74) is 11.6. The molecule has 0 aliphatic rings. The van der Waals surface area contributed by atoms with Crippen LogP contribution in [0.15, 0.2) is 182 Å². The molecule has 228 valence electrons. The lowest BCUT2D eigenvalue weighted by atomic mass is 9.94. The third-order valence-electron chi connectivity index (χ3n) is 10.0. The summed E-state index contributed by atoms with van der Waals surface area (Å²) in [6.45, 7) is 0. The molecule has 0 bridgehead atoms. The number of hydrogen-bond acceptors (Lipinski definition) is 1. The lowest BCUT2D eigenvalue weighted by Gasteiger charge is -2.13. The first-order valence-corrected chi connectivity index (χ1v) is 16.8. The summed E-state index contributed by atoms with van der Waals surface area (Å²) in [4.78, 5) is 5.18. The van der Waals surface area contributed by atoms with Crippen LogP contribution in [0.2, 0.25) is 0 Å². The van der Waals surface area contributed by atoms with E-state index in [-0.39, 0.29) is 0 Å². The lowest BCUT2D eigenvalue weighted by molar-refractivity contribution is 1.18. The van der Waals surface area contributed by atoms with Gasteiger partial charge in [0.15, 0.2) is 0 Å². The first kappa shape index (κ1) is 27.6. The van der Waals surface area contributed by atoms with Crippen LogP contribution in [0.3, 0.4) is 0 Å². The van der Waals surface area contributed by atoms with Crippen LogP contribution in [0.25, 0.3) is 93.5 Å². The minimum atomic E-state index is 1.02. The molecule has 8 aromatic carbocycles. The van der Waals surface area contributed by atoms with Crippen molar-refractivity contribution in [3.8, 4) is 39.2 Å². The Kier molecular flexibility index (Phi) is 6.22. The Hall–Kier alpha value is -6.51. The van der Waals surface area contributed by atoms with Crippen molar-refractivity contribution in [3.05, 3.63) is 182 Å². The Balaban J connectivity index is 0.969. The van der Waals surface area contributed by atoms with E-state index in [4.69, 9.17) is 4.98 Å². The van der Waals surface area contributed by atoms with E-state index in [0.29, 0.717) is 0 Å². The van der Waals surface area contributed by atoms with E-state index in [1.54, 1.807) is 0 Å². The number of pyridine rings is 1. The normalized spacial score (nSPS) is 11.7. The monoisotopic (exact) mass is 622 g/mol. The van der Waals surface area contributed by atoms with E-state index in [2.05, 4.69) is 187 Å². The zero-order valence-electron chi connectivity index (χ0n) is 26.7. The number of hydrogen-bond donors (Lipinski definition) is 0. The van der Waals surface area contributed by atoms with Gasteiger partial charge in [-0.25, -0.2) is 4.98 Å². The fourth-order valence-corrected chi connectivity index (χ4v) is 7.62. The molecule has 2 aromatic heterocycles. The SMILES string of the molecule is c1ccc2c(c1)ccc1c(-c3ccc(-c4ccc(-c5ccc(-n6c7ccccc7c7ccccc76)cc5)cc4)cc3)nc3ccccc3c12. The van der Waals surface area contributed by atoms with Gasteiger partial charge in [0.25, 0.3) is 0 Å². The maximum atomic E-state index is 5.18. The molecule has 0 N–H and O–H groups in total. The fraction of sp³-hybridized carbons (Fsp3) is 0. The molecule has 0 saturated heterocycles. The topological polar surface area (TPSA) is 17.8 Å². The number of aromatic nitrogens is 2. The maximum Gasteiger partial charge on any atom is 0.0788 e. The molecule has 0 fully saturated rings. The van der Waals surface area contributed by atoms with E-state index in [1.807, 2.05) is 0 Å². The zero-order valence-corrected chi connectivity index (χ0v) is 26.7. The molecule has 0 radical (unpaired) electrons. The van der Waals surface area contributed by atoms with Crippen LogP contribution < -0.4 is 0 Å². The highest BCUT2D eigenvalue weighted by atomic mass is 15.0. The quantitative estimate of drug-likeness (QED) is 0.179. The molecule has 0 aliphatic carbocycles. The highest BCUT2D eigenvalue weighted by molar-refractivity contribution is 6.22. The Bertz CT molecular complexity index is 2770. The molecule has 0 saturated carbocycles. The van der Waals surface area contributed by atoms with Crippen LogP contribution in [0.1, 0.15) is 0 Å². The molecular formula is C47H30N2. The van der Waals surface area contributed by atoms with Crippen molar-refractivity contribution in [2.24, 2.45) is 0 Å². The molecule has 2 nitrogen and oxygen atoms in total. The van der Waals surface area contributed by atoms with Gasteiger partial charge in [0.2, 0.25) is 0 Å². The summed E-state index contributed by atoms with van der Waals surface area (Å²) in [5, 5.41) is 8.70. The molecule has 2 heterocycles. The van der Waals surface area contributed by atoms with Crippen molar-refractivity contribution in [2.75, 3.05) is 0 Å². The molecular weight excluding hydrogens is 593 g/mol. The highest BCUT2D eigenvalue weighted by Crippen LogP contribution is 2.38. The predicted molar refractivity (Wildman–Crippen MR) is 207 cm³/mol. The molecule has 0 spiro atoms. The molecule has 0 unspecified atom stereocenters. The zero-order chi connectivity index (χ0) is 32.3. The number of nitrogens with zero attached hydrogens (tertiary/aromatic N) is 2. The Labute approximate surface area is 284 Å². The lowest BCUT2D eigenvalue weighted by Crippen LogP contribution is -1.93. The average molecular weight is 623 g/mol. The van der Waals surface area contributed by atoms with Crippen LogP contribution in [0.5, 0.6) is 0 Å². The Morgan fingerprint density at radius 2 is 0.796 bits per heavy atom. The molecule has 0 amide bonds. The molecule has 0 aliphatic heterocycles. The first-order valence-electron chi connectivity index (χ1n) is 16.8. The van der Waals surface area contributed by atoms with Gasteiger partial charge >= 0.3 is 0 Å². The van der Waals surface area contributed by atoms with Crippen LogP contribution >= 0.6 is 0 Å². The van der Waals surface area contributed by atoms with E-state index in [1.165, 1.54) is 76.7 Å². The van der Waals surface area contributed by atoms with Gasteiger partial charge in [-0.2, -0.15) is 0 Å². The number of para-hydroxylation sites is 3. The van der Waals surface area contributed by atoms with Crippen molar-refractivity contribution >= 4 is 54.3 Å². The van der Waals surface area contributed by atoms with Gasteiger partial charge in [-0.05, 0) is 63.4 Å². The summed E-state index contributed by atoms with van der Waals surface area (Å²) in [6.07, 6.45) is 0. The van der Waals surface area contributed by atoms with Crippen molar-refractivity contribution in [1.82, 2.24) is 9.55 Å². The summed E-state index contributed by atoms with van der Waals surface area (Å²) >= 11 is 0. The van der Waals surface area contributed by atoms with Crippen LogP contribution in [-0.2, 0) is 0 Å². The third kappa shape index (κ3) is 4.46. The molecule has 2 heteroatoms. The van der Waals surface area contributed by atoms with Gasteiger partial charge in [0.1, 0.15) is 0 Å². The summed E-state index contributed by atoms with van der Waals surface area (Å²) in [5.74, 6) is 0. The van der Waals surface area contributed by atoms with E-state index < -0.39 is 0 Å². The minimum absolute atomic E-state index is 1.02. The minimum Gasteiger partial charge on any atom is -0.309 e. The largest absolute Gasteiger partial charge is 0.309 e. The second kappa shape index (κ2) is 11.0. The van der Waals surface area contributed by atoms with Gasteiger partial charge in [0.05, 0.1) is 22.2 Å². The predicted octanol–water partition coefficient (Wildman–Crippen LogP) is 12.6. The summed E-state index contributed by atoms with van der Waals surface area (Å²) in [7, 11) is 0. The molecule has 49 heavy (non-hydrogen) atoms. The molecule has 10 aromatic rings. The third-order valence-corrected chi connectivity index (χ3v) is 10.0. The van der Waals surface area contributed by atoms with E-state index in [9.17, 15) is 0 Å². The van der Waals surface area contributed by atoms with Crippen LogP contribution in [0, 0.1) is 0 Å². The Morgan fingerprint density at radius 1 is 0.327 bits per heavy atom. The average Bonchev–Trinajstić information content (AvgIpc) is 3.52. The number of fused-ring (bicyclic) bond motifs is 8. The van der Waals surface area contributed by atoms with Gasteiger partial charge in [0, 0.05) is 38.2 Å². The first-order chi connectivity index (χ1) is 24.3. The van der Waals surface area contributed by atoms with E-state index >= 15 is 0 Å². The van der Waals surface area contributed by atoms with Crippen molar-refractivity contribution in [1.29, 1.82) is 0 Å². The number of benzene rings is 8. The standard InChI is InChI=1S/C47H30N2/c1-2-10-38-35(9-1)27-30-42-46(38)41-13-3-6-14-43(41)48-47(42)36-23-21-33(22-24-36)31-17-19-32(20-18-31)34-25-28-37(29-26-34)49-44-15-7-4-11-39(44)40-12-5-8-16-45(40)49/h1-30H. The molecule has 0 atom stereocenters. The summed E-state index contributed by atoms with van der Waals surface area (Å²) in [6, 6.07) is 65.5. The van der Waals surface area contributed by atoms with Gasteiger partial charge in [-0.1, -0.05) is 152 Å².